The summed E-state index contributed by atoms with van der Waals surface area (Å²) in [5.74, 6) is 0.0463. The van der Waals surface area contributed by atoms with Crippen molar-refractivity contribution in [1.82, 2.24) is 5.32 Å². The topological polar surface area (TPSA) is 32.3 Å². The smallest absolute Gasteiger partial charge is 0.126 e. The van der Waals surface area contributed by atoms with Crippen LogP contribution < -0.4 is 5.32 Å². The molecule has 2 atom stereocenters. The molecule has 2 N–H and O–H groups in total. The SMILES string of the molecule is Cc1ccc(C(C)NCC(O)C(C)C)cc1F. The molecule has 0 saturated carbocycles. The van der Waals surface area contributed by atoms with Crippen molar-refractivity contribution in [1.29, 1.82) is 0 Å². The molecular formula is C14H22FNO. The van der Waals surface area contributed by atoms with Gasteiger partial charge in [-0.3, -0.25) is 0 Å². The van der Waals surface area contributed by atoms with Gasteiger partial charge >= 0.3 is 0 Å². The van der Waals surface area contributed by atoms with Gasteiger partial charge in [0.15, 0.2) is 0 Å². The highest BCUT2D eigenvalue weighted by molar-refractivity contribution is 5.25. The number of aryl methyl sites for hydroxylation is 1. The number of nitrogens with one attached hydrogen (secondary N) is 1. The summed E-state index contributed by atoms with van der Waals surface area (Å²) in [5.41, 5.74) is 1.56. The van der Waals surface area contributed by atoms with Crippen LogP contribution >= 0.6 is 0 Å². The van der Waals surface area contributed by atoms with Crippen LogP contribution in [0.5, 0.6) is 0 Å². The van der Waals surface area contributed by atoms with Crippen LogP contribution in [0.25, 0.3) is 0 Å². The van der Waals surface area contributed by atoms with Crippen LogP contribution in [-0.4, -0.2) is 17.8 Å². The van der Waals surface area contributed by atoms with Gasteiger partial charge in [-0.2, -0.15) is 0 Å². The second kappa shape index (κ2) is 6.12. The van der Waals surface area contributed by atoms with E-state index in [1.807, 2.05) is 26.8 Å². The highest BCUT2D eigenvalue weighted by atomic mass is 19.1. The molecule has 0 saturated heterocycles. The number of hydrogen-bond donors (Lipinski definition) is 2. The van der Waals surface area contributed by atoms with Gasteiger partial charge in [0.2, 0.25) is 0 Å². The minimum atomic E-state index is -0.368. The predicted molar refractivity (Wildman–Crippen MR) is 68.4 cm³/mol. The first-order chi connectivity index (χ1) is 7.91. The fourth-order valence-electron chi connectivity index (χ4n) is 1.53. The van der Waals surface area contributed by atoms with Gasteiger partial charge in [0, 0.05) is 12.6 Å². The first kappa shape index (κ1) is 14.1. The summed E-state index contributed by atoms with van der Waals surface area (Å²) in [4.78, 5) is 0. The van der Waals surface area contributed by atoms with E-state index in [-0.39, 0.29) is 23.9 Å². The number of benzene rings is 1. The first-order valence-corrected chi connectivity index (χ1v) is 6.09. The second-order valence-corrected chi connectivity index (χ2v) is 4.95. The standard InChI is InChI=1S/C14H22FNO/c1-9(2)14(17)8-16-11(4)12-6-5-10(3)13(15)7-12/h5-7,9,11,14,16-17H,8H2,1-4H3. The van der Waals surface area contributed by atoms with Crippen molar-refractivity contribution in [3.63, 3.8) is 0 Å². The van der Waals surface area contributed by atoms with Gasteiger partial charge in [-0.15, -0.1) is 0 Å². The molecule has 0 aliphatic carbocycles. The number of aliphatic hydroxyl groups excluding tert-OH is 1. The lowest BCUT2D eigenvalue weighted by Crippen LogP contribution is -2.32. The van der Waals surface area contributed by atoms with Crippen LogP contribution in [0.4, 0.5) is 4.39 Å². The maximum atomic E-state index is 13.4. The predicted octanol–water partition coefficient (Wildman–Crippen LogP) is 2.80. The zero-order chi connectivity index (χ0) is 13.0. The van der Waals surface area contributed by atoms with Crippen molar-refractivity contribution in [2.45, 2.75) is 39.8 Å². The maximum Gasteiger partial charge on any atom is 0.126 e. The molecule has 2 unspecified atom stereocenters. The molecule has 0 spiro atoms. The molecule has 1 aromatic carbocycles. The average molecular weight is 239 g/mol. The van der Waals surface area contributed by atoms with Crippen LogP contribution in [0.2, 0.25) is 0 Å². The summed E-state index contributed by atoms with van der Waals surface area (Å²) in [6.07, 6.45) is -0.368. The lowest BCUT2D eigenvalue weighted by atomic mass is 10.0. The fraction of sp³-hybridized carbons (Fsp3) is 0.571. The largest absolute Gasteiger partial charge is 0.392 e. The molecule has 0 aromatic heterocycles. The second-order valence-electron chi connectivity index (χ2n) is 4.95. The van der Waals surface area contributed by atoms with Gasteiger partial charge in [-0.25, -0.2) is 4.39 Å². The summed E-state index contributed by atoms with van der Waals surface area (Å²) in [7, 11) is 0. The van der Waals surface area contributed by atoms with Crippen LogP contribution in [0, 0.1) is 18.7 Å². The molecule has 3 heteroatoms. The number of halogens is 1. The van der Waals surface area contributed by atoms with E-state index in [0.29, 0.717) is 12.1 Å². The molecule has 96 valence electrons. The minimum absolute atomic E-state index is 0.0403. The Balaban J connectivity index is 2.58. The third-order valence-electron chi connectivity index (χ3n) is 3.10. The molecule has 0 aliphatic rings. The zero-order valence-electron chi connectivity index (χ0n) is 11.0. The van der Waals surface area contributed by atoms with E-state index in [0.717, 1.165) is 5.56 Å². The van der Waals surface area contributed by atoms with E-state index in [1.165, 1.54) is 0 Å². The van der Waals surface area contributed by atoms with Crippen LogP contribution in [0.15, 0.2) is 18.2 Å². The van der Waals surface area contributed by atoms with Gasteiger partial charge in [0.1, 0.15) is 5.82 Å². The summed E-state index contributed by atoms with van der Waals surface area (Å²) >= 11 is 0. The summed E-state index contributed by atoms with van der Waals surface area (Å²) in [6.45, 7) is 8.19. The maximum absolute atomic E-state index is 13.4. The zero-order valence-corrected chi connectivity index (χ0v) is 11.0. The molecule has 0 fully saturated rings. The van der Waals surface area contributed by atoms with Crippen molar-refractivity contribution >= 4 is 0 Å². The molecule has 1 rings (SSSR count). The fourth-order valence-corrected chi connectivity index (χ4v) is 1.53. The summed E-state index contributed by atoms with van der Waals surface area (Å²) in [6, 6.07) is 5.28. The molecule has 0 aliphatic heterocycles. The lowest BCUT2D eigenvalue weighted by Gasteiger charge is -2.20. The summed E-state index contributed by atoms with van der Waals surface area (Å²) in [5, 5.41) is 12.9. The van der Waals surface area contributed by atoms with Crippen molar-refractivity contribution < 1.29 is 9.50 Å². The van der Waals surface area contributed by atoms with E-state index < -0.39 is 0 Å². The molecule has 0 radical (unpaired) electrons. The van der Waals surface area contributed by atoms with E-state index >= 15 is 0 Å². The van der Waals surface area contributed by atoms with Gasteiger partial charge in [0.25, 0.3) is 0 Å². The van der Waals surface area contributed by atoms with Crippen LogP contribution in [0.3, 0.4) is 0 Å². The van der Waals surface area contributed by atoms with Gasteiger partial charge in [-0.05, 0) is 37.0 Å². The van der Waals surface area contributed by atoms with E-state index in [9.17, 15) is 9.50 Å². The van der Waals surface area contributed by atoms with Crippen molar-refractivity contribution in [2.75, 3.05) is 6.54 Å². The van der Waals surface area contributed by atoms with E-state index in [1.54, 1.807) is 19.1 Å². The minimum Gasteiger partial charge on any atom is -0.392 e. The molecular weight excluding hydrogens is 217 g/mol. The Morgan fingerprint density at radius 3 is 2.47 bits per heavy atom. The molecule has 1 aromatic rings. The molecule has 17 heavy (non-hydrogen) atoms. The van der Waals surface area contributed by atoms with E-state index in [2.05, 4.69) is 5.32 Å². The van der Waals surface area contributed by atoms with E-state index in [4.69, 9.17) is 0 Å². The van der Waals surface area contributed by atoms with Crippen LogP contribution in [0.1, 0.15) is 37.9 Å². The van der Waals surface area contributed by atoms with Crippen molar-refractivity contribution in [2.24, 2.45) is 5.92 Å². The molecule has 0 amide bonds. The normalized spacial score (nSPS) is 15.0. The van der Waals surface area contributed by atoms with Crippen molar-refractivity contribution in [3.8, 4) is 0 Å². The monoisotopic (exact) mass is 239 g/mol. The molecule has 2 nitrogen and oxygen atoms in total. The summed E-state index contributed by atoms with van der Waals surface area (Å²) < 4.78 is 13.4. The van der Waals surface area contributed by atoms with Gasteiger partial charge < -0.3 is 10.4 Å². The highest BCUT2D eigenvalue weighted by Crippen LogP contribution is 2.16. The highest BCUT2D eigenvalue weighted by Gasteiger charge is 2.12. The first-order valence-electron chi connectivity index (χ1n) is 6.09. The quantitative estimate of drug-likeness (QED) is 0.828. The molecule has 0 heterocycles. The number of rotatable bonds is 5. The van der Waals surface area contributed by atoms with Gasteiger partial charge in [0.05, 0.1) is 6.10 Å². The number of aliphatic hydroxyl groups is 1. The Morgan fingerprint density at radius 2 is 1.94 bits per heavy atom. The Kier molecular flexibility index (Phi) is 5.09. The Morgan fingerprint density at radius 1 is 1.29 bits per heavy atom. The lowest BCUT2D eigenvalue weighted by molar-refractivity contribution is 0.120. The molecule has 0 bridgehead atoms. The third kappa shape index (κ3) is 4.10. The third-order valence-corrected chi connectivity index (χ3v) is 3.10. The average Bonchev–Trinajstić information content (AvgIpc) is 2.28. The van der Waals surface area contributed by atoms with Crippen LogP contribution in [-0.2, 0) is 0 Å². The van der Waals surface area contributed by atoms with Gasteiger partial charge in [-0.1, -0.05) is 26.0 Å². The Labute approximate surface area is 103 Å². The number of hydrogen-bond acceptors (Lipinski definition) is 2. The van der Waals surface area contributed by atoms with Crippen molar-refractivity contribution in [3.05, 3.63) is 35.1 Å². The Hall–Kier alpha value is -0.930. The Bertz CT molecular complexity index is 365.